The summed E-state index contributed by atoms with van der Waals surface area (Å²) >= 11 is 0. The van der Waals surface area contributed by atoms with Gasteiger partial charge in [-0.05, 0) is 25.0 Å². The number of aromatic nitrogens is 1. The first-order valence-corrected chi connectivity index (χ1v) is 9.90. The molecule has 8 heteroatoms. The lowest BCUT2D eigenvalue weighted by Gasteiger charge is -2.36. The maximum atomic E-state index is 5.70. The van der Waals surface area contributed by atoms with Crippen LogP contribution in [0.4, 0.5) is 0 Å². The molecule has 0 bridgehead atoms. The maximum Gasteiger partial charge on any atom is 0.194 e. The van der Waals surface area contributed by atoms with Crippen molar-refractivity contribution in [2.75, 3.05) is 33.2 Å². The Balaban J connectivity index is 0.00000300. The Labute approximate surface area is 190 Å². The summed E-state index contributed by atoms with van der Waals surface area (Å²) in [5, 5.41) is 7.50. The van der Waals surface area contributed by atoms with Gasteiger partial charge in [0.05, 0.1) is 18.4 Å². The van der Waals surface area contributed by atoms with E-state index in [4.69, 9.17) is 9.26 Å². The van der Waals surface area contributed by atoms with Gasteiger partial charge in [0.15, 0.2) is 5.96 Å². The molecule has 2 heterocycles. The van der Waals surface area contributed by atoms with E-state index in [0.29, 0.717) is 6.61 Å². The fraction of sp³-hybridized carbons (Fsp3) is 0.524. The number of piperazine rings is 1. The van der Waals surface area contributed by atoms with E-state index < -0.39 is 0 Å². The molecule has 3 rings (SSSR count). The highest BCUT2D eigenvalue weighted by Crippen LogP contribution is 2.10. The van der Waals surface area contributed by atoms with E-state index >= 15 is 0 Å². The third kappa shape index (κ3) is 7.60. The quantitative estimate of drug-likeness (QED) is 0.349. The van der Waals surface area contributed by atoms with Crippen molar-refractivity contribution in [1.29, 1.82) is 0 Å². The maximum absolute atomic E-state index is 5.70. The van der Waals surface area contributed by atoms with Gasteiger partial charge in [-0.3, -0.25) is 9.89 Å². The third-order valence-electron chi connectivity index (χ3n) is 4.79. The molecule has 2 aromatic rings. The SMILES string of the molecule is CN=C(NCc1cccc(COC(C)C)c1)N1CCN(Cc2ccon2)CC1.I. The summed E-state index contributed by atoms with van der Waals surface area (Å²) in [6.07, 6.45) is 1.87. The molecule has 1 aliphatic heterocycles. The molecule has 0 unspecified atom stereocenters. The Hall–Kier alpha value is -1.65. The van der Waals surface area contributed by atoms with Gasteiger partial charge in [0.2, 0.25) is 0 Å². The largest absolute Gasteiger partial charge is 0.374 e. The standard InChI is InChI=1S/C21H31N5O2.HI/c1-17(2)27-16-19-6-4-5-18(13-19)14-23-21(22-3)26-10-8-25(9-11-26)15-20-7-12-28-24-20;/h4-7,12-13,17H,8-11,14-16H2,1-3H3,(H,22,23);1H. The Morgan fingerprint density at radius 3 is 2.62 bits per heavy atom. The van der Waals surface area contributed by atoms with E-state index in [9.17, 15) is 0 Å². The molecule has 1 saturated heterocycles. The summed E-state index contributed by atoms with van der Waals surface area (Å²) in [7, 11) is 1.84. The van der Waals surface area contributed by atoms with Crippen LogP contribution in [-0.2, 0) is 24.4 Å². The normalized spacial score (nSPS) is 15.4. The van der Waals surface area contributed by atoms with Crippen LogP contribution >= 0.6 is 24.0 Å². The van der Waals surface area contributed by atoms with Gasteiger partial charge in [0, 0.05) is 52.4 Å². The fourth-order valence-corrected chi connectivity index (χ4v) is 3.27. The Kier molecular flexibility index (Phi) is 9.89. The number of nitrogens with one attached hydrogen (secondary N) is 1. The smallest absolute Gasteiger partial charge is 0.194 e. The first kappa shape index (κ1) is 23.6. The number of nitrogens with zero attached hydrogens (tertiary/aromatic N) is 4. The molecule has 1 aliphatic rings. The van der Waals surface area contributed by atoms with Gasteiger partial charge in [0.25, 0.3) is 0 Å². The van der Waals surface area contributed by atoms with Gasteiger partial charge in [0.1, 0.15) is 6.26 Å². The first-order chi connectivity index (χ1) is 13.6. The number of guanidine groups is 1. The molecular weight excluding hydrogens is 481 g/mol. The molecule has 0 atom stereocenters. The average molecular weight is 513 g/mol. The van der Waals surface area contributed by atoms with Crippen molar-refractivity contribution < 1.29 is 9.26 Å². The lowest BCUT2D eigenvalue weighted by atomic mass is 10.1. The number of ether oxygens (including phenoxy) is 1. The van der Waals surface area contributed by atoms with E-state index in [1.165, 1.54) is 11.1 Å². The predicted molar refractivity (Wildman–Crippen MR) is 125 cm³/mol. The van der Waals surface area contributed by atoms with Crippen LogP contribution < -0.4 is 5.32 Å². The molecule has 0 radical (unpaired) electrons. The van der Waals surface area contributed by atoms with Crippen LogP contribution in [0.5, 0.6) is 0 Å². The molecule has 1 aromatic carbocycles. The van der Waals surface area contributed by atoms with Crippen molar-refractivity contribution in [1.82, 2.24) is 20.3 Å². The Morgan fingerprint density at radius 2 is 1.97 bits per heavy atom. The van der Waals surface area contributed by atoms with Gasteiger partial charge < -0.3 is 19.5 Å². The molecule has 0 amide bonds. The van der Waals surface area contributed by atoms with Crippen LogP contribution in [0.15, 0.2) is 46.1 Å². The van der Waals surface area contributed by atoms with Crippen molar-refractivity contribution in [2.45, 2.75) is 39.6 Å². The third-order valence-corrected chi connectivity index (χ3v) is 4.79. The van der Waals surface area contributed by atoms with Crippen molar-refractivity contribution in [2.24, 2.45) is 4.99 Å². The molecule has 0 saturated carbocycles. The zero-order chi connectivity index (χ0) is 19.8. The summed E-state index contributed by atoms with van der Waals surface area (Å²) in [5.41, 5.74) is 3.41. The highest BCUT2D eigenvalue weighted by atomic mass is 127. The molecule has 1 N–H and O–H groups in total. The van der Waals surface area contributed by atoms with E-state index in [1.807, 2.05) is 13.1 Å². The lowest BCUT2D eigenvalue weighted by Crippen LogP contribution is -2.52. The first-order valence-electron chi connectivity index (χ1n) is 9.90. The Morgan fingerprint density at radius 1 is 1.21 bits per heavy atom. The topological polar surface area (TPSA) is 66.1 Å². The summed E-state index contributed by atoms with van der Waals surface area (Å²) in [5.74, 6) is 0.949. The second kappa shape index (κ2) is 12.1. The number of hydrogen-bond acceptors (Lipinski definition) is 5. The second-order valence-corrected chi connectivity index (χ2v) is 7.33. The van der Waals surface area contributed by atoms with Crippen LogP contribution in [0.25, 0.3) is 0 Å². The zero-order valence-corrected chi connectivity index (χ0v) is 19.8. The molecule has 0 spiro atoms. The van der Waals surface area contributed by atoms with Gasteiger partial charge in [-0.15, -0.1) is 24.0 Å². The fourth-order valence-electron chi connectivity index (χ4n) is 3.27. The van der Waals surface area contributed by atoms with Crippen LogP contribution in [0.1, 0.15) is 30.7 Å². The monoisotopic (exact) mass is 513 g/mol. The number of hydrogen-bond donors (Lipinski definition) is 1. The highest BCUT2D eigenvalue weighted by molar-refractivity contribution is 14.0. The minimum absolute atomic E-state index is 0. The number of halogens is 1. The van der Waals surface area contributed by atoms with Crippen molar-refractivity contribution in [3.8, 4) is 0 Å². The minimum Gasteiger partial charge on any atom is -0.374 e. The van der Waals surface area contributed by atoms with Gasteiger partial charge in [-0.2, -0.15) is 0 Å². The average Bonchev–Trinajstić information content (AvgIpc) is 3.21. The lowest BCUT2D eigenvalue weighted by molar-refractivity contribution is 0.0657. The van der Waals surface area contributed by atoms with Crippen LogP contribution in [0.3, 0.4) is 0 Å². The van der Waals surface area contributed by atoms with E-state index in [0.717, 1.165) is 50.9 Å². The van der Waals surface area contributed by atoms with Gasteiger partial charge in [-0.25, -0.2) is 0 Å². The molecule has 1 aromatic heterocycles. The van der Waals surface area contributed by atoms with Gasteiger partial charge in [-0.1, -0.05) is 29.4 Å². The second-order valence-electron chi connectivity index (χ2n) is 7.33. The van der Waals surface area contributed by atoms with E-state index in [2.05, 4.69) is 63.4 Å². The van der Waals surface area contributed by atoms with Crippen LogP contribution in [-0.4, -0.2) is 60.2 Å². The van der Waals surface area contributed by atoms with Crippen LogP contribution in [0.2, 0.25) is 0 Å². The van der Waals surface area contributed by atoms with Crippen molar-refractivity contribution >= 4 is 29.9 Å². The molecular formula is C21H32IN5O2. The molecule has 29 heavy (non-hydrogen) atoms. The predicted octanol–water partition coefficient (Wildman–Crippen LogP) is 3.11. The summed E-state index contributed by atoms with van der Waals surface area (Å²) in [6.45, 7) is 10.2. The Bertz CT molecular complexity index is 743. The summed E-state index contributed by atoms with van der Waals surface area (Å²) in [4.78, 5) is 9.17. The number of rotatable bonds is 7. The molecule has 1 fully saturated rings. The number of aliphatic imine (C=N–C) groups is 1. The van der Waals surface area contributed by atoms with Gasteiger partial charge >= 0.3 is 0 Å². The van der Waals surface area contributed by atoms with E-state index in [-0.39, 0.29) is 30.1 Å². The zero-order valence-electron chi connectivity index (χ0n) is 17.5. The number of benzene rings is 1. The van der Waals surface area contributed by atoms with E-state index in [1.54, 1.807) is 6.26 Å². The minimum atomic E-state index is 0. The van der Waals surface area contributed by atoms with Crippen LogP contribution in [0, 0.1) is 0 Å². The van der Waals surface area contributed by atoms with Crippen molar-refractivity contribution in [3.05, 3.63) is 53.4 Å². The molecule has 160 valence electrons. The highest BCUT2D eigenvalue weighted by Gasteiger charge is 2.20. The summed E-state index contributed by atoms with van der Waals surface area (Å²) < 4.78 is 10.6. The molecule has 0 aliphatic carbocycles. The molecule has 7 nitrogen and oxygen atoms in total. The summed E-state index contributed by atoms with van der Waals surface area (Å²) in [6, 6.07) is 10.4. The van der Waals surface area contributed by atoms with Crippen molar-refractivity contribution in [3.63, 3.8) is 0 Å².